The van der Waals surface area contributed by atoms with Gasteiger partial charge in [0.1, 0.15) is 36.3 Å². The molecule has 7 rings (SSSR count). The van der Waals surface area contributed by atoms with E-state index in [-0.39, 0.29) is 48.8 Å². The molecule has 2 aliphatic heterocycles. The molecule has 5 aromatic rings. The molecule has 3 aromatic carbocycles. The van der Waals surface area contributed by atoms with Gasteiger partial charge in [-0.3, -0.25) is 9.36 Å². The van der Waals surface area contributed by atoms with Gasteiger partial charge in [0.2, 0.25) is 0 Å². The topological polar surface area (TPSA) is 87.8 Å². The van der Waals surface area contributed by atoms with Crippen molar-refractivity contribution < 1.29 is 58.8 Å². The minimum atomic E-state index is -0.397. The molecule has 2 atom stereocenters. The number of aromatic nitrogens is 2. The van der Waals surface area contributed by atoms with Crippen LogP contribution < -0.4 is 44.3 Å². The van der Waals surface area contributed by atoms with Crippen molar-refractivity contribution in [2.75, 3.05) is 18.5 Å². The minimum absolute atomic E-state index is 0. The maximum Gasteiger partial charge on any atom is 1.00 e. The number of rotatable bonds is 5. The van der Waals surface area contributed by atoms with E-state index in [1.807, 2.05) is 60.0 Å². The summed E-state index contributed by atoms with van der Waals surface area (Å²) in [6.07, 6.45) is -0.397. The zero-order valence-electron chi connectivity index (χ0n) is 23.2. The number of carbonyl (C=O) groups excluding carboxylic acids is 1. The van der Waals surface area contributed by atoms with Crippen LogP contribution in [-0.2, 0) is 9.53 Å². The van der Waals surface area contributed by atoms with E-state index in [1.165, 1.54) is 19.1 Å². The SMILES string of the molecule is CC(=O)O[C@@H]1COc2cc(N[C@@H]3COc4c3cccc4-n3c(-c4ccc(C)o4)nc4ccc(F)cc43)ccc21.[H-].[Na+]. The van der Waals surface area contributed by atoms with E-state index in [2.05, 4.69) is 5.32 Å². The first-order chi connectivity index (χ1) is 18.9. The van der Waals surface area contributed by atoms with Crippen LogP contribution in [0.2, 0.25) is 0 Å². The molecule has 0 radical (unpaired) electrons. The summed E-state index contributed by atoms with van der Waals surface area (Å²) in [5.41, 5.74) is 4.68. The summed E-state index contributed by atoms with van der Waals surface area (Å²) in [5.74, 6) is 2.59. The van der Waals surface area contributed by atoms with Crippen LogP contribution in [0.4, 0.5) is 10.1 Å². The molecule has 0 saturated carbocycles. The maximum atomic E-state index is 14.4. The number of hydrogen-bond donors (Lipinski definition) is 1. The van der Waals surface area contributed by atoms with Crippen LogP contribution >= 0.6 is 0 Å². The smallest absolute Gasteiger partial charge is 1.00 e. The molecular formula is C30H25FN3NaO5. The van der Waals surface area contributed by atoms with Crippen molar-refractivity contribution in [3.8, 4) is 28.8 Å². The second-order valence-corrected chi connectivity index (χ2v) is 9.68. The van der Waals surface area contributed by atoms with Crippen LogP contribution in [0.3, 0.4) is 0 Å². The number of nitrogens with zero attached hydrogens (tertiary/aromatic N) is 2. The molecule has 4 heterocycles. The van der Waals surface area contributed by atoms with Gasteiger partial charge in [-0.1, -0.05) is 12.1 Å². The Hall–Kier alpha value is -3.79. The van der Waals surface area contributed by atoms with Gasteiger partial charge >= 0.3 is 35.5 Å². The number of para-hydroxylation sites is 1. The summed E-state index contributed by atoms with van der Waals surface area (Å²) < 4.78 is 39.5. The van der Waals surface area contributed by atoms with Gasteiger partial charge in [0, 0.05) is 35.9 Å². The molecule has 1 N–H and O–H groups in total. The molecule has 0 spiro atoms. The molecule has 0 aliphatic carbocycles. The van der Waals surface area contributed by atoms with Gasteiger partial charge in [-0.25, -0.2) is 9.37 Å². The number of ether oxygens (including phenoxy) is 3. The fourth-order valence-corrected chi connectivity index (χ4v) is 5.31. The number of esters is 1. The van der Waals surface area contributed by atoms with Crippen LogP contribution in [-0.4, -0.2) is 28.7 Å². The van der Waals surface area contributed by atoms with Crippen molar-refractivity contribution >= 4 is 22.7 Å². The normalized spacial score (nSPS) is 17.0. The first-order valence-corrected chi connectivity index (χ1v) is 12.7. The Labute approximate surface area is 252 Å². The van der Waals surface area contributed by atoms with Gasteiger partial charge in [0.05, 0.1) is 22.8 Å². The van der Waals surface area contributed by atoms with Gasteiger partial charge < -0.3 is 25.4 Å². The Balaban J connectivity index is 0.00000169. The Morgan fingerprint density at radius 3 is 2.75 bits per heavy atom. The number of hydrogen-bond acceptors (Lipinski definition) is 7. The summed E-state index contributed by atoms with van der Waals surface area (Å²) in [7, 11) is 0. The maximum absolute atomic E-state index is 14.4. The minimum Gasteiger partial charge on any atom is -1.00 e. The molecule has 0 fully saturated rings. The van der Waals surface area contributed by atoms with Gasteiger partial charge in [-0.05, 0) is 49.4 Å². The van der Waals surface area contributed by atoms with Crippen molar-refractivity contribution in [3.05, 3.63) is 89.4 Å². The van der Waals surface area contributed by atoms with Crippen molar-refractivity contribution in [3.63, 3.8) is 0 Å². The number of anilines is 1. The van der Waals surface area contributed by atoms with E-state index in [1.54, 1.807) is 6.07 Å². The molecular weight excluding hydrogens is 524 g/mol. The van der Waals surface area contributed by atoms with Crippen LogP contribution in [0.25, 0.3) is 28.3 Å². The molecule has 10 heteroatoms. The van der Waals surface area contributed by atoms with Crippen LogP contribution in [0, 0.1) is 12.7 Å². The van der Waals surface area contributed by atoms with Crippen molar-refractivity contribution in [1.29, 1.82) is 0 Å². The zero-order valence-corrected chi connectivity index (χ0v) is 24.2. The van der Waals surface area contributed by atoms with E-state index in [0.29, 0.717) is 47.3 Å². The second-order valence-electron chi connectivity index (χ2n) is 9.68. The summed E-state index contributed by atoms with van der Waals surface area (Å²) >= 11 is 0. The Bertz CT molecular complexity index is 1770. The number of imidazole rings is 1. The molecule has 0 amide bonds. The van der Waals surface area contributed by atoms with E-state index in [0.717, 1.165) is 28.3 Å². The summed E-state index contributed by atoms with van der Waals surface area (Å²) in [4.78, 5) is 16.2. The molecule has 40 heavy (non-hydrogen) atoms. The summed E-state index contributed by atoms with van der Waals surface area (Å²) in [6, 6.07) is 19.8. The molecule has 2 aromatic heterocycles. The predicted molar refractivity (Wildman–Crippen MR) is 143 cm³/mol. The number of benzene rings is 3. The molecule has 2 aliphatic rings. The monoisotopic (exact) mass is 549 g/mol. The standard InChI is InChI=1S/C30H24FN3O5.Na.H/c1-16-6-11-26(38-16)30-33-22-10-7-18(31)12-25(22)34(30)24-5-3-4-20-23(14-37-29(20)24)32-19-8-9-21-27(13-19)36-15-28(21)39-17(2)35;;/h3-13,23,28,32H,14-15H2,1-2H3;;/q;+1;-1/t23-,28-;;/m1../s1. The Morgan fingerprint density at radius 2 is 1.95 bits per heavy atom. The number of halogens is 1. The third-order valence-electron chi connectivity index (χ3n) is 7.01. The van der Waals surface area contributed by atoms with Crippen LogP contribution in [0.15, 0.2) is 71.1 Å². The van der Waals surface area contributed by atoms with E-state index >= 15 is 0 Å². The molecule has 8 nitrogen and oxygen atoms in total. The Kier molecular flexibility index (Phi) is 6.82. The summed E-state index contributed by atoms with van der Waals surface area (Å²) in [5, 5.41) is 3.53. The Morgan fingerprint density at radius 1 is 1.07 bits per heavy atom. The van der Waals surface area contributed by atoms with E-state index < -0.39 is 6.10 Å². The number of nitrogens with one attached hydrogen (secondary N) is 1. The average molecular weight is 550 g/mol. The van der Waals surface area contributed by atoms with Crippen LogP contribution in [0.1, 0.15) is 37.4 Å². The third kappa shape index (κ3) is 4.54. The first-order valence-electron chi connectivity index (χ1n) is 12.7. The number of furan rings is 1. The number of carbonyl (C=O) groups is 1. The fourth-order valence-electron chi connectivity index (χ4n) is 5.31. The van der Waals surface area contributed by atoms with Gasteiger partial charge in [-0.2, -0.15) is 0 Å². The molecule has 198 valence electrons. The number of fused-ring (bicyclic) bond motifs is 3. The summed E-state index contributed by atoms with van der Waals surface area (Å²) in [6.45, 7) is 3.96. The van der Waals surface area contributed by atoms with Crippen molar-refractivity contribution in [1.82, 2.24) is 9.55 Å². The van der Waals surface area contributed by atoms with Gasteiger partial charge in [-0.15, -0.1) is 0 Å². The largest absolute Gasteiger partial charge is 1.00 e. The van der Waals surface area contributed by atoms with Crippen molar-refractivity contribution in [2.45, 2.75) is 26.0 Å². The molecule has 0 saturated heterocycles. The quantitative estimate of drug-likeness (QED) is 0.266. The van der Waals surface area contributed by atoms with Crippen LogP contribution in [0.5, 0.6) is 11.5 Å². The number of aryl methyl sites for hydroxylation is 1. The first kappa shape index (κ1) is 26.4. The third-order valence-corrected chi connectivity index (χ3v) is 7.01. The second kappa shape index (κ2) is 10.3. The predicted octanol–water partition coefficient (Wildman–Crippen LogP) is 3.39. The fraction of sp³-hybridized carbons (Fsp3) is 0.200. The van der Waals surface area contributed by atoms with E-state index in [4.69, 9.17) is 23.6 Å². The van der Waals surface area contributed by atoms with Gasteiger partial charge in [0.25, 0.3) is 0 Å². The average Bonchev–Trinajstić information content (AvgIpc) is 3.69. The van der Waals surface area contributed by atoms with Crippen molar-refractivity contribution in [2.24, 2.45) is 0 Å². The molecule has 0 unspecified atom stereocenters. The zero-order chi connectivity index (χ0) is 26.7. The van der Waals surface area contributed by atoms with Gasteiger partial charge in [0.15, 0.2) is 17.7 Å². The molecule has 0 bridgehead atoms. The van der Waals surface area contributed by atoms with E-state index in [9.17, 15) is 9.18 Å².